The summed E-state index contributed by atoms with van der Waals surface area (Å²) >= 11 is 0. The van der Waals surface area contributed by atoms with E-state index in [2.05, 4.69) is 5.32 Å². The third kappa shape index (κ3) is 4.12. The lowest BCUT2D eigenvalue weighted by Gasteiger charge is -2.28. The van der Waals surface area contributed by atoms with Gasteiger partial charge in [0.15, 0.2) is 0 Å². The van der Waals surface area contributed by atoms with Gasteiger partial charge < -0.3 is 15.0 Å². The normalized spacial score (nSPS) is 28.5. The number of nitrogens with one attached hydrogen (secondary N) is 1. The Hall–Kier alpha value is -0.320. The number of amides is 1. The average molecular weight is 263 g/mol. The van der Waals surface area contributed by atoms with Crippen LogP contribution < -0.4 is 5.32 Å². The van der Waals surface area contributed by atoms with Gasteiger partial charge in [-0.05, 0) is 32.2 Å². The molecule has 100 valence electrons. The lowest BCUT2D eigenvalue weighted by Crippen LogP contribution is -2.43. The van der Waals surface area contributed by atoms with E-state index < -0.39 is 0 Å². The van der Waals surface area contributed by atoms with Crippen molar-refractivity contribution in [3.05, 3.63) is 0 Å². The molecule has 1 amide bonds. The minimum Gasteiger partial charge on any atom is -0.376 e. The maximum atomic E-state index is 12.1. The maximum Gasteiger partial charge on any atom is 0.226 e. The zero-order chi connectivity index (χ0) is 11.4. The molecule has 0 radical (unpaired) electrons. The van der Waals surface area contributed by atoms with Crippen LogP contribution in [0.4, 0.5) is 0 Å². The molecule has 0 saturated carbocycles. The van der Waals surface area contributed by atoms with Gasteiger partial charge in [0.2, 0.25) is 5.91 Å². The largest absolute Gasteiger partial charge is 0.376 e. The summed E-state index contributed by atoms with van der Waals surface area (Å²) in [6, 6.07) is 0. The van der Waals surface area contributed by atoms with Crippen LogP contribution in [0.25, 0.3) is 0 Å². The number of nitrogens with zero attached hydrogens (tertiary/aromatic N) is 1. The lowest BCUT2D eigenvalue weighted by molar-refractivity contribution is -0.136. The van der Waals surface area contributed by atoms with E-state index in [0.29, 0.717) is 0 Å². The van der Waals surface area contributed by atoms with Crippen molar-refractivity contribution in [2.45, 2.75) is 31.8 Å². The van der Waals surface area contributed by atoms with Gasteiger partial charge in [0.25, 0.3) is 0 Å². The minimum absolute atomic E-state index is 0. The van der Waals surface area contributed by atoms with E-state index in [9.17, 15) is 4.79 Å². The zero-order valence-electron chi connectivity index (χ0n) is 10.5. The Bertz CT molecular complexity index is 239. The fraction of sp³-hybridized carbons (Fsp3) is 0.917. The van der Waals surface area contributed by atoms with Crippen molar-refractivity contribution < 1.29 is 9.53 Å². The molecule has 1 N–H and O–H groups in total. The molecule has 5 heteroatoms. The molecular weight excluding hydrogens is 240 g/mol. The Morgan fingerprint density at radius 2 is 2.24 bits per heavy atom. The second-order valence-corrected chi connectivity index (χ2v) is 4.90. The standard InChI is InChI=1S/C12H22N2O2.ClH/c1-14(9-11-5-3-7-16-11)12(15)10-4-2-6-13-8-10;/h10-11,13H,2-9H2,1H3;1H. The van der Waals surface area contributed by atoms with Gasteiger partial charge >= 0.3 is 0 Å². The number of hydrogen-bond acceptors (Lipinski definition) is 3. The van der Waals surface area contributed by atoms with Crippen LogP contribution in [0, 0.1) is 5.92 Å². The first kappa shape index (κ1) is 14.7. The predicted molar refractivity (Wildman–Crippen MR) is 69.5 cm³/mol. The Kier molecular flexibility index (Phi) is 6.23. The minimum atomic E-state index is 0. The molecule has 2 atom stereocenters. The number of carbonyl (C=O) groups excluding carboxylic acids is 1. The molecule has 2 aliphatic rings. The van der Waals surface area contributed by atoms with Crippen molar-refractivity contribution in [3.8, 4) is 0 Å². The molecule has 0 aromatic heterocycles. The monoisotopic (exact) mass is 262 g/mol. The van der Waals surface area contributed by atoms with Gasteiger partial charge in [0.05, 0.1) is 12.0 Å². The lowest BCUT2D eigenvalue weighted by atomic mass is 9.98. The van der Waals surface area contributed by atoms with Crippen LogP contribution in [0.1, 0.15) is 25.7 Å². The van der Waals surface area contributed by atoms with E-state index in [0.717, 1.165) is 51.9 Å². The summed E-state index contributed by atoms with van der Waals surface area (Å²) in [5, 5.41) is 3.29. The van der Waals surface area contributed by atoms with Crippen LogP contribution in [0.5, 0.6) is 0 Å². The molecule has 2 aliphatic heterocycles. The molecule has 0 bridgehead atoms. The zero-order valence-corrected chi connectivity index (χ0v) is 11.3. The molecular formula is C12H23ClN2O2. The number of likely N-dealkylation sites (N-methyl/N-ethyl adjacent to an activating group) is 1. The van der Waals surface area contributed by atoms with Crippen LogP contribution >= 0.6 is 12.4 Å². The third-order valence-electron chi connectivity index (χ3n) is 3.52. The van der Waals surface area contributed by atoms with Crippen LogP contribution in [0.2, 0.25) is 0 Å². The molecule has 17 heavy (non-hydrogen) atoms. The molecule has 2 unspecified atom stereocenters. The van der Waals surface area contributed by atoms with Gasteiger partial charge in [-0.25, -0.2) is 0 Å². The number of halogens is 1. The van der Waals surface area contributed by atoms with Crippen molar-refractivity contribution in [3.63, 3.8) is 0 Å². The van der Waals surface area contributed by atoms with Crippen LogP contribution in [0.15, 0.2) is 0 Å². The second-order valence-electron chi connectivity index (χ2n) is 4.90. The first-order chi connectivity index (χ1) is 7.77. The van der Waals surface area contributed by atoms with Crippen molar-refractivity contribution in [2.24, 2.45) is 5.92 Å². The number of ether oxygens (including phenoxy) is 1. The number of carbonyl (C=O) groups is 1. The van der Waals surface area contributed by atoms with Crippen LogP contribution in [-0.2, 0) is 9.53 Å². The molecule has 0 aliphatic carbocycles. The summed E-state index contributed by atoms with van der Waals surface area (Å²) in [5.41, 5.74) is 0. The van der Waals surface area contributed by atoms with E-state index in [4.69, 9.17) is 4.74 Å². The Morgan fingerprint density at radius 1 is 1.41 bits per heavy atom. The topological polar surface area (TPSA) is 41.6 Å². The average Bonchev–Trinajstić information content (AvgIpc) is 2.82. The van der Waals surface area contributed by atoms with Crippen molar-refractivity contribution in [1.29, 1.82) is 0 Å². The van der Waals surface area contributed by atoms with Gasteiger partial charge in [0.1, 0.15) is 0 Å². The van der Waals surface area contributed by atoms with E-state index in [-0.39, 0.29) is 30.3 Å². The summed E-state index contributed by atoms with van der Waals surface area (Å²) < 4.78 is 5.55. The highest BCUT2D eigenvalue weighted by Crippen LogP contribution is 2.16. The fourth-order valence-corrected chi connectivity index (χ4v) is 2.56. The molecule has 0 aromatic carbocycles. The molecule has 4 nitrogen and oxygen atoms in total. The number of piperidine rings is 1. The van der Waals surface area contributed by atoms with Crippen LogP contribution in [0.3, 0.4) is 0 Å². The Labute approximate surface area is 109 Å². The quantitative estimate of drug-likeness (QED) is 0.827. The SMILES string of the molecule is CN(CC1CCCO1)C(=O)C1CCCNC1.Cl. The number of rotatable bonds is 3. The first-order valence-electron chi connectivity index (χ1n) is 6.34. The maximum absolute atomic E-state index is 12.1. The summed E-state index contributed by atoms with van der Waals surface area (Å²) in [6.07, 6.45) is 4.65. The summed E-state index contributed by atoms with van der Waals surface area (Å²) in [5.74, 6) is 0.461. The van der Waals surface area contributed by atoms with Gasteiger partial charge in [0, 0.05) is 26.7 Å². The van der Waals surface area contributed by atoms with Crippen molar-refractivity contribution in [1.82, 2.24) is 10.2 Å². The first-order valence-corrected chi connectivity index (χ1v) is 6.34. The Balaban J connectivity index is 0.00000144. The molecule has 0 aromatic rings. The van der Waals surface area contributed by atoms with E-state index in [1.807, 2.05) is 11.9 Å². The van der Waals surface area contributed by atoms with Crippen molar-refractivity contribution in [2.75, 3.05) is 33.3 Å². The molecule has 2 heterocycles. The molecule has 2 rings (SSSR count). The predicted octanol–water partition coefficient (Wildman–Crippen LogP) is 1.05. The smallest absolute Gasteiger partial charge is 0.226 e. The highest BCUT2D eigenvalue weighted by molar-refractivity contribution is 5.85. The van der Waals surface area contributed by atoms with Crippen molar-refractivity contribution >= 4 is 18.3 Å². The second kappa shape index (κ2) is 7.19. The summed E-state index contributed by atoms with van der Waals surface area (Å²) in [6.45, 7) is 3.51. The molecule has 2 fully saturated rings. The summed E-state index contributed by atoms with van der Waals surface area (Å²) in [4.78, 5) is 14.0. The van der Waals surface area contributed by atoms with E-state index >= 15 is 0 Å². The highest BCUT2D eigenvalue weighted by Gasteiger charge is 2.26. The van der Waals surface area contributed by atoms with Gasteiger partial charge in [-0.1, -0.05) is 0 Å². The highest BCUT2D eigenvalue weighted by atomic mass is 35.5. The van der Waals surface area contributed by atoms with Gasteiger partial charge in [-0.15, -0.1) is 12.4 Å². The van der Waals surface area contributed by atoms with E-state index in [1.54, 1.807) is 0 Å². The van der Waals surface area contributed by atoms with E-state index in [1.165, 1.54) is 0 Å². The van der Waals surface area contributed by atoms with Crippen LogP contribution in [-0.4, -0.2) is 50.2 Å². The van der Waals surface area contributed by atoms with Gasteiger partial charge in [-0.3, -0.25) is 4.79 Å². The van der Waals surface area contributed by atoms with Gasteiger partial charge in [-0.2, -0.15) is 0 Å². The third-order valence-corrected chi connectivity index (χ3v) is 3.52. The Morgan fingerprint density at radius 3 is 2.82 bits per heavy atom. The molecule has 0 spiro atoms. The number of hydrogen-bond donors (Lipinski definition) is 1. The molecule has 2 saturated heterocycles. The fourth-order valence-electron chi connectivity index (χ4n) is 2.56. The summed E-state index contributed by atoms with van der Waals surface area (Å²) in [7, 11) is 1.90.